The Kier molecular flexibility index (Phi) is 5.83. The van der Waals surface area contributed by atoms with Gasteiger partial charge >= 0.3 is 0 Å². The number of ether oxygens (including phenoxy) is 1. The van der Waals surface area contributed by atoms with Gasteiger partial charge < -0.3 is 20.7 Å². The molecule has 10 heteroatoms. The van der Waals surface area contributed by atoms with Gasteiger partial charge in [0.15, 0.2) is 0 Å². The van der Waals surface area contributed by atoms with Crippen LogP contribution in [-0.4, -0.2) is 28.9 Å². The number of hydrogen-bond acceptors (Lipinski definition) is 6. The Morgan fingerprint density at radius 2 is 1.91 bits per heavy atom. The molecule has 0 saturated heterocycles. The first-order chi connectivity index (χ1) is 15.4. The second-order valence-electron chi connectivity index (χ2n) is 7.21. The van der Waals surface area contributed by atoms with Crippen LogP contribution in [0.4, 0.5) is 23.1 Å². The van der Waals surface area contributed by atoms with Gasteiger partial charge in [0.1, 0.15) is 11.6 Å². The summed E-state index contributed by atoms with van der Waals surface area (Å²) >= 11 is 6.12. The molecule has 2 heterocycles. The fraction of sp³-hybridized carbons (Fsp3) is 0.182. The third-order valence-corrected chi connectivity index (χ3v) is 5.56. The summed E-state index contributed by atoms with van der Waals surface area (Å²) < 4.78 is 5.29. The zero-order valence-electron chi connectivity index (χ0n) is 17.3. The largest absolute Gasteiger partial charge is 0.495 e. The predicted molar refractivity (Wildman–Crippen MR) is 122 cm³/mol. The van der Waals surface area contributed by atoms with Crippen molar-refractivity contribution in [3.63, 3.8) is 0 Å². The van der Waals surface area contributed by atoms with Gasteiger partial charge in [0.2, 0.25) is 17.8 Å². The molecule has 0 saturated carbocycles. The Morgan fingerprint density at radius 1 is 1.16 bits per heavy atom. The van der Waals surface area contributed by atoms with Crippen LogP contribution in [0.25, 0.3) is 0 Å². The van der Waals surface area contributed by atoms with E-state index in [1.807, 2.05) is 0 Å². The second kappa shape index (κ2) is 8.72. The number of para-hydroxylation sites is 2. The molecule has 1 aromatic heterocycles. The van der Waals surface area contributed by atoms with Gasteiger partial charge in [-0.2, -0.15) is 4.98 Å². The lowest BCUT2D eigenvalue weighted by Gasteiger charge is -2.24. The lowest BCUT2D eigenvalue weighted by atomic mass is 9.92. The summed E-state index contributed by atoms with van der Waals surface area (Å²) in [5.74, 6) is -1.23. The summed E-state index contributed by atoms with van der Waals surface area (Å²) in [5, 5.41) is 8.81. The molecule has 164 valence electrons. The normalized spacial score (nSPS) is 14.8. The molecule has 1 aliphatic heterocycles. The zero-order valence-corrected chi connectivity index (χ0v) is 18.0. The molecule has 0 fully saturated rings. The van der Waals surface area contributed by atoms with Crippen LogP contribution < -0.4 is 26.2 Å². The number of halogens is 1. The van der Waals surface area contributed by atoms with Crippen LogP contribution in [0, 0.1) is 6.92 Å². The number of fused-ring (bicyclic) bond motifs is 1. The summed E-state index contributed by atoms with van der Waals surface area (Å²) in [4.78, 5) is 45.1. The van der Waals surface area contributed by atoms with Gasteiger partial charge in [-0.25, -0.2) is 0 Å². The number of anilines is 4. The molecule has 2 amide bonds. The highest BCUT2D eigenvalue weighted by molar-refractivity contribution is 6.31. The van der Waals surface area contributed by atoms with Gasteiger partial charge in [-0.3, -0.25) is 19.4 Å². The van der Waals surface area contributed by atoms with Crippen LogP contribution >= 0.6 is 11.6 Å². The quantitative estimate of drug-likeness (QED) is 0.468. The maximum atomic E-state index is 13.0. The predicted octanol–water partition coefficient (Wildman–Crippen LogP) is 3.55. The topological polar surface area (TPSA) is 125 Å². The maximum absolute atomic E-state index is 13.0. The van der Waals surface area contributed by atoms with Crippen molar-refractivity contribution in [1.29, 1.82) is 0 Å². The minimum absolute atomic E-state index is 0.0327. The van der Waals surface area contributed by atoms with Crippen LogP contribution in [-0.2, 0) is 9.59 Å². The Bertz CT molecular complexity index is 1270. The molecule has 0 spiro atoms. The first-order valence-electron chi connectivity index (χ1n) is 9.77. The molecule has 0 unspecified atom stereocenters. The van der Waals surface area contributed by atoms with Crippen molar-refractivity contribution in [1.82, 2.24) is 9.97 Å². The first kappa shape index (κ1) is 21.4. The van der Waals surface area contributed by atoms with Crippen LogP contribution in [0.5, 0.6) is 5.75 Å². The van der Waals surface area contributed by atoms with E-state index < -0.39 is 23.3 Å². The standard InChI is InChI=1S/C22H20ClN5O4/c1-11-13(23)6-5-8-14(11)24-20(30)12-10-17(29)26-19-18(12)21(31)28-22(27-19)25-15-7-3-4-9-16(15)32-2/h3-9,12H,10H2,1-2H3,(H,24,30)(H3,25,26,27,28,29,31)/t12-/m1/s1. The lowest BCUT2D eigenvalue weighted by Crippen LogP contribution is -2.36. The summed E-state index contributed by atoms with van der Waals surface area (Å²) in [6.07, 6.45) is -0.178. The van der Waals surface area contributed by atoms with Crippen LogP contribution in [0.1, 0.15) is 23.5 Å². The molecule has 0 aliphatic carbocycles. The van der Waals surface area contributed by atoms with Gasteiger partial charge in [0.25, 0.3) is 5.56 Å². The third kappa shape index (κ3) is 4.15. The average Bonchev–Trinajstić information content (AvgIpc) is 2.76. The molecule has 1 atom stereocenters. The highest BCUT2D eigenvalue weighted by Crippen LogP contribution is 2.32. The van der Waals surface area contributed by atoms with Crippen molar-refractivity contribution in [3.8, 4) is 5.75 Å². The van der Waals surface area contributed by atoms with Crippen molar-refractivity contribution < 1.29 is 14.3 Å². The van der Waals surface area contributed by atoms with E-state index in [2.05, 4.69) is 25.9 Å². The van der Waals surface area contributed by atoms with E-state index in [1.165, 1.54) is 7.11 Å². The van der Waals surface area contributed by atoms with Crippen molar-refractivity contribution in [2.75, 3.05) is 23.1 Å². The van der Waals surface area contributed by atoms with Gasteiger partial charge in [0, 0.05) is 17.1 Å². The van der Waals surface area contributed by atoms with Gasteiger partial charge in [-0.1, -0.05) is 29.8 Å². The van der Waals surface area contributed by atoms with Crippen molar-refractivity contribution >= 4 is 46.6 Å². The summed E-state index contributed by atoms with van der Waals surface area (Å²) in [7, 11) is 1.52. The molecule has 4 rings (SSSR count). The van der Waals surface area contributed by atoms with E-state index in [1.54, 1.807) is 49.4 Å². The Morgan fingerprint density at radius 3 is 2.69 bits per heavy atom. The van der Waals surface area contributed by atoms with Gasteiger partial charge in [-0.05, 0) is 36.8 Å². The number of carbonyl (C=O) groups is 2. The van der Waals surface area contributed by atoms with Gasteiger partial charge in [-0.15, -0.1) is 0 Å². The van der Waals surface area contributed by atoms with Crippen molar-refractivity contribution in [2.45, 2.75) is 19.3 Å². The molecule has 0 radical (unpaired) electrons. The lowest BCUT2D eigenvalue weighted by molar-refractivity contribution is -0.123. The van der Waals surface area contributed by atoms with Gasteiger partial charge in [0.05, 0.1) is 24.3 Å². The van der Waals surface area contributed by atoms with Crippen LogP contribution in [0.2, 0.25) is 5.02 Å². The molecule has 9 nitrogen and oxygen atoms in total. The SMILES string of the molecule is COc1ccccc1Nc1nc2c(c(=O)[nH]1)[C@H](C(=O)Nc1cccc(Cl)c1C)CC(=O)N2. The number of rotatable bonds is 5. The van der Waals surface area contributed by atoms with E-state index in [0.29, 0.717) is 27.7 Å². The van der Waals surface area contributed by atoms with Crippen LogP contribution in [0.3, 0.4) is 0 Å². The number of amides is 2. The minimum Gasteiger partial charge on any atom is -0.495 e. The number of hydrogen-bond donors (Lipinski definition) is 4. The number of nitrogens with one attached hydrogen (secondary N) is 4. The molecule has 32 heavy (non-hydrogen) atoms. The fourth-order valence-corrected chi connectivity index (χ4v) is 3.67. The summed E-state index contributed by atoms with van der Waals surface area (Å²) in [6, 6.07) is 12.2. The number of H-pyrrole nitrogens is 1. The highest BCUT2D eigenvalue weighted by atomic mass is 35.5. The van der Waals surface area contributed by atoms with E-state index in [9.17, 15) is 14.4 Å². The molecule has 2 aromatic carbocycles. The Hall–Kier alpha value is -3.85. The fourth-order valence-electron chi connectivity index (χ4n) is 3.49. The monoisotopic (exact) mass is 453 g/mol. The Labute approximate surface area is 188 Å². The number of methoxy groups -OCH3 is 1. The Balaban J connectivity index is 1.66. The van der Waals surface area contributed by atoms with E-state index in [-0.39, 0.29) is 23.8 Å². The summed E-state index contributed by atoms with van der Waals surface area (Å²) in [6.45, 7) is 1.77. The van der Waals surface area contributed by atoms with E-state index in [4.69, 9.17) is 16.3 Å². The maximum Gasteiger partial charge on any atom is 0.258 e. The zero-order chi connectivity index (χ0) is 22.8. The molecular formula is C22H20ClN5O4. The second-order valence-corrected chi connectivity index (χ2v) is 7.62. The smallest absolute Gasteiger partial charge is 0.258 e. The number of benzene rings is 2. The molecule has 0 bridgehead atoms. The molecule has 1 aliphatic rings. The first-order valence-corrected chi connectivity index (χ1v) is 10.1. The molecular weight excluding hydrogens is 434 g/mol. The van der Waals surface area contributed by atoms with Crippen LogP contribution in [0.15, 0.2) is 47.3 Å². The summed E-state index contributed by atoms with van der Waals surface area (Å²) in [5.41, 5.74) is 1.33. The minimum atomic E-state index is -1.01. The number of nitrogens with zero attached hydrogens (tertiary/aromatic N) is 1. The van der Waals surface area contributed by atoms with Crippen molar-refractivity contribution in [3.05, 3.63) is 69.0 Å². The van der Waals surface area contributed by atoms with E-state index >= 15 is 0 Å². The molecule has 3 aromatic rings. The van der Waals surface area contributed by atoms with E-state index in [0.717, 1.165) is 0 Å². The number of aromatic amines is 1. The molecule has 4 N–H and O–H groups in total. The number of carbonyl (C=O) groups excluding carboxylic acids is 2. The average molecular weight is 454 g/mol. The number of aromatic nitrogens is 2. The third-order valence-electron chi connectivity index (χ3n) is 5.15. The highest BCUT2D eigenvalue weighted by Gasteiger charge is 2.35. The van der Waals surface area contributed by atoms with Crippen molar-refractivity contribution in [2.24, 2.45) is 0 Å².